The van der Waals surface area contributed by atoms with Crippen LogP contribution in [0.5, 0.6) is 0 Å². The van der Waals surface area contributed by atoms with E-state index in [1.807, 2.05) is 37.3 Å². The number of Topliss-reactive ketones (excluding diaryl/α,β-unsaturated/α-hetero) is 1. The minimum atomic E-state index is -3.19. The molecule has 0 bridgehead atoms. The van der Waals surface area contributed by atoms with Crippen LogP contribution in [0.4, 0.5) is 9.09 Å². The number of halogens is 2. The van der Waals surface area contributed by atoms with Gasteiger partial charge in [-0.05, 0) is 56.4 Å². The summed E-state index contributed by atoms with van der Waals surface area (Å²) in [6, 6.07) is 12.8. The molecule has 0 N–H and O–H groups in total. The lowest BCUT2D eigenvalue weighted by molar-refractivity contribution is -0.119. The van der Waals surface area contributed by atoms with Gasteiger partial charge in [-0.2, -0.15) is 0 Å². The number of aryl methyl sites for hydroxylation is 2. The number of hydrogen-bond donors (Lipinski definition) is 0. The lowest BCUT2D eigenvalue weighted by Crippen LogP contribution is -2.11. The van der Waals surface area contributed by atoms with Crippen molar-refractivity contribution in [1.29, 1.82) is 0 Å². The van der Waals surface area contributed by atoms with Gasteiger partial charge in [-0.1, -0.05) is 80.5 Å². The summed E-state index contributed by atoms with van der Waals surface area (Å²) in [7, 11) is -3.19. The second kappa shape index (κ2) is 13.1. The van der Waals surface area contributed by atoms with Gasteiger partial charge in [0.05, 0.1) is 4.90 Å². The van der Waals surface area contributed by atoms with Crippen molar-refractivity contribution in [2.75, 3.05) is 6.26 Å². The number of carbonyl (C=O) groups is 1. The number of carbonyl (C=O) groups excluding carboxylic acids is 1. The molecular formula is C28H44F2O3S. The maximum Gasteiger partial charge on any atom is 0.175 e. The molecule has 0 radical (unpaired) electrons. The highest BCUT2D eigenvalue weighted by atomic mass is 32.2. The van der Waals surface area contributed by atoms with Crippen LogP contribution in [0.15, 0.2) is 47.4 Å². The van der Waals surface area contributed by atoms with Gasteiger partial charge in [-0.3, -0.25) is 9.50 Å². The van der Waals surface area contributed by atoms with Crippen LogP contribution < -0.4 is 0 Å². The fraction of sp³-hybridized carbons (Fsp3) is 0.536. The molecule has 6 heteroatoms. The third-order valence-electron chi connectivity index (χ3n) is 6.24. The Hall–Kier alpha value is -2.08. The minimum absolute atomic E-state index is 0. The first-order chi connectivity index (χ1) is 15.4. The summed E-state index contributed by atoms with van der Waals surface area (Å²) >= 11 is 0. The molecule has 0 amide bonds. The van der Waals surface area contributed by atoms with Gasteiger partial charge in [-0.15, -0.1) is 0 Å². The predicted octanol–water partition coefficient (Wildman–Crippen LogP) is 7.71. The van der Waals surface area contributed by atoms with Crippen LogP contribution in [0.1, 0.15) is 83.9 Å². The Labute approximate surface area is 207 Å². The molecule has 2 aromatic rings. The summed E-state index contributed by atoms with van der Waals surface area (Å²) in [4.78, 5) is 12.6. The van der Waals surface area contributed by atoms with Crippen LogP contribution in [0.3, 0.4) is 0 Å². The van der Waals surface area contributed by atoms with Crippen molar-refractivity contribution < 1.29 is 25.2 Å². The lowest BCUT2D eigenvalue weighted by atomic mass is 9.92. The molecule has 0 saturated heterocycles. The molecule has 0 aliphatic heterocycles. The third kappa shape index (κ3) is 10.0. The molecule has 1 aliphatic carbocycles. The van der Waals surface area contributed by atoms with Crippen molar-refractivity contribution in [3.05, 3.63) is 64.7 Å². The van der Waals surface area contributed by atoms with Crippen molar-refractivity contribution in [1.82, 2.24) is 0 Å². The zero-order valence-corrected chi connectivity index (χ0v) is 22.0. The van der Waals surface area contributed by atoms with Crippen LogP contribution in [0.25, 0.3) is 0 Å². The van der Waals surface area contributed by atoms with Gasteiger partial charge in [0.25, 0.3) is 0 Å². The molecule has 1 aliphatic rings. The average molecular weight is 499 g/mol. The summed E-state index contributed by atoms with van der Waals surface area (Å²) in [6.07, 6.45) is 9.77. The second-order valence-corrected chi connectivity index (χ2v) is 12.0. The highest BCUT2D eigenvalue weighted by Crippen LogP contribution is 2.27. The predicted molar refractivity (Wildman–Crippen MR) is 141 cm³/mol. The highest BCUT2D eigenvalue weighted by Gasteiger charge is 2.18. The third-order valence-corrected chi connectivity index (χ3v) is 7.49. The van der Waals surface area contributed by atoms with Crippen molar-refractivity contribution in [3.63, 3.8) is 0 Å². The SMILES string of the molecule is Cc1cc(CC(=O)CC2CCCCCC2)ccc1S(C)(=O)=O.Cc1cccc(C(C)(C)F)c1.F.[HH].[HH]. The quantitative estimate of drug-likeness (QED) is 0.383. The largest absolute Gasteiger partial charge is 0.299 e. The molecule has 0 spiro atoms. The van der Waals surface area contributed by atoms with Crippen LogP contribution in [-0.4, -0.2) is 20.5 Å². The Kier molecular flexibility index (Phi) is 11.6. The van der Waals surface area contributed by atoms with Crippen LogP contribution in [-0.2, 0) is 26.7 Å². The molecule has 194 valence electrons. The average Bonchev–Trinajstić information content (AvgIpc) is 2.95. The topological polar surface area (TPSA) is 51.2 Å². The molecule has 1 fully saturated rings. The van der Waals surface area contributed by atoms with E-state index in [-0.39, 0.29) is 13.3 Å². The summed E-state index contributed by atoms with van der Waals surface area (Å²) in [5.74, 6) is 0.824. The number of ketones is 1. The Morgan fingerprint density at radius 2 is 1.65 bits per heavy atom. The standard InChI is InChI=1S/C18H26O3S.C10H13F.FH.2H2/c1-14-11-16(9-10-18(14)22(2,20)21)13-17(19)12-15-7-5-3-4-6-8-15;1-8-5-4-6-9(7-8)10(2,3)11;;;/h9-11,15H,3-8,12-13H2,1-2H3;4-7H,1-3H3;3*1H. The summed E-state index contributed by atoms with van der Waals surface area (Å²) < 4.78 is 36.5. The molecule has 0 unspecified atom stereocenters. The molecule has 0 aromatic heterocycles. The fourth-order valence-electron chi connectivity index (χ4n) is 4.44. The van der Waals surface area contributed by atoms with Crippen LogP contribution >= 0.6 is 0 Å². The minimum Gasteiger partial charge on any atom is -0.299 e. The normalized spacial score (nSPS) is 14.9. The maximum absolute atomic E-state index is 13.3. The van der Waals surface area contributed by atoms with E-state index in [0.717, 1.165) is 22.3 Å². The monoisotopic (exact) mass is 498 g/mol. The van der Waals surface area contributed by atoms with Crippen molar-refractivity contribution in [2.45, 2.75) is 89.6 Å². The number of rotatable bonds is 6. The van der Waals surface area contributed by atoms with Gasteiger partial charge in [0.1, 0.15) is 11.5 Å². The molecule has 2 aromatic carbocycles. The van der Waals surface area contributed by atoms with Crippen LogP contribution in [0.2, 0.25) is 0 Å². The smallest absolute Gasteiger partial charge is 0.175 e. The van der Waals surface area contributed by atoms with E-state index < -0.39 is 15.5 Å². The molecule has 1 saturated carbocycles. The van der Waals surface area contributed by atoms with Gasteiger partial charge in [0.2, 0.25) is 0 Å². The van der Waals surface area contributed by atoms with Gasteiger partial charge < -0.3 is 0 Å². The summed E-state index contributed by atoms with van der Waals surface area (Å²) in [5.41, 5.74) is 2.28. The van der Waals surface area contributed by atoms with E-state index in [0.29, 0.717) is 23.7 Å². The van der Waals surface area contributed by atoms with Crippen molar-refractivity contribution in [3.8, 4) is 0 Å². The Bertz CT molecular complexity index is 1040. The number of alkyl halides is 1. The summed E-state index contributed by atoms with van der Waals surface area (Å²) in [5, 5.41) is 0. The Morgan fingerprint density at radius 1 is 1.03 bits per heavy atom. The first-order valence-electron chi connectivity index (χ1n) is 11.9. The lowest BCUT2D eigenvalue weighted by Gasteiger charge is -2.14. The van der Waals surface area contributed by atoms with Gasteiger partial charge in [0.15, 0.2) is 9.84 Å². The number of sulfone groups is 1. The van der Waals surface area contributed by atoms with E-state index in [9.17, 15) is 17.6 Å². The van der Waals surface area contributed by atoms with Crippen LogP contribution in [0, 0.1) is 19.8 Å². The van der Waals surface area contributed by atoms with E-state index >= 15 is 0 Å². The Balaban J connectivity index is 0. The first-order valence-corrected chi connectivity index (χ1v) is 13.8. The number of benzene rings is 2. The van der Waals surface area contributed by atoms with E-state index in [4.69, 9.17) is 0 Å². The molecule has 0 heterocycles. The molecule has 0 atom stereocenters. The van der Waals surface area contributed by atoms with Gasteiger partial charge in [0, 0.05) is 22.0 Å². The molecular weight excluding hydrogens is 454 g/mol. The number of hydrogen-bond acceptors (Lipinski definition) is 3. The first kappa shape index (κ1) is 30.0. The van der Waals surface area contributed by atoms with Crippen molar-refractivity contribution >= 4 is 15.6 Å². The second-order valence-electron chi connectivity index (χ2n) is 9.99. The van der Waals surface area contributed by atoms with E-state index in [1.165, 1.54) is 44.8 Å². The van der Waals surface area contributed by atoms with E-state index in [1.54, 1.807) is 32.9 Å². The molecule has 34 heavy (non-hydrogen) atoms. The van der Waals surface area contributed by atoms with Gasteiger partial charge >= 0.3 is 0 Å². The van der Waals surface area contributed by atoms with E-state index in [2.05, 4.69) is 0 Å². The zero-order chi connectivity index (χ0) is 24.6. The highest BCUT2D eigenvalue weighted by molar-refractivity contribution is 7.90. The fourth-order valence-corrected chi connectivity index (χ4v) is 5.40. The zero-order valence-electron chi connectivity index (χ0n) is 21.2. The van der Waals surface area contributed by atoms with Gasteiger partial charge in [-0.25, -0.2) is 12.8 Å². The van der Waals surface area contributed by atoms with Crippen molar-refractivity contribution in [2.24, 2.45) is 5.92 Å². The molecule has 3 rings (SSSR count). The maximum atomic E-state index is 13.3. The molecule has 3 nitrogen and oxygen atoms in total. The summed E-state index contributed by atoms with van der Waals surface area (Å²) in [6.45, 7) is 6.90. The Morgan fingerprint density at radius 3 is 2.12 bits per heavy atom.